The number of carbonyl (C=O) groups is 1. The standard InChI is InChI=1S/C11H17NO/c13-11(12-8-4-5-9-12)10-6-2-1-3-7-10/h1-2,10H,3-9H2/t10-/m0/s1. The number of hydrogen-bond acceptors (Lipinski definition) is 1. The highest BCUT2D eigenvalue weighted by Gasteiger charge is 2.25. The van der Waals surface area contributed by atoms with Crippen molar-refractivity contribution in [2.45, 2.75) is 32.1 Å². The molecule has 1 aliphatic carbocycles. The molecule has 1 heterocycles. The van der Waals surface area contributed by atoms with Crippen LogP contribution in [-0.4, -0.2) is 23.9 Å². The minimum absolute atomic E-state index is 0.295. The maximum atomic E-state index is 11.9. The summed E-state index contributed by atoms with van der Waals surface area (Å²) >= 11 is 0. The van der Waals surface area contributed by atoms with Gasteiger partial charge in [0.1, 0.15) is 0 Å². The first-order valence-electron chi connectivity index (χ1n) is 5.32. The Kier molecular flexibility index (Phi) is 2.67. The van der Waals surface area contributed by atoms with Crippen molar-refractivity contribution in [1.29, 1.82) is 0 Å². The minimum Gasteiger partial charge on any atom is -0.342 e. The molecule has 0 aromatic heterocycles. The van der Waals surface area contributed by atoms with Gasteiger partial charge in [-0.25, -0.2) is 0 Å². The number of likely N-dealkylation sites (tertiary alicyclic amines) is 1. The molecule has 72 valence electrons. The number of nitrogens with zero attached hydrogens (tertiary/aromatic N) is 1. The minimum atomic E-state index is 0.295. The zero-order chi connectivity index (χ0) is 9.10. The summed E-state index contributed by atoms with van der Waals surface area (Å²) in [7, 11) is 0. The van der Waals surface area contributed by atoms with E-state index >= 15 is 0 Å². The van der Waals surface area contributed by atoms with E-state index in [4.69, 9.17) is 0 Å². The van der Waals surface area contributed by atoms with Crippen LogP contribution in [0, 0.1) is 5.92 Å². The van der Waals surface area contributed by atoms with Crippen molar-refractivity contribution < 1.29 is 4.79 Å². The molecule has 13 heavy (non-hydrogen) atoms. The third-order valence-electron chi connectivity index (χ3n) is 3.04. The Labute approximate surface area is 79.6 Å². The summed E-state index contributed by atoms with van der Waals surface area (Å²) in [6, 6.07) is 0. The molecule has 0 N–H and O–H groups in total. The van der Waals surface area contributed by atoms with E-state index in [-0.39, 0.29) is 0 Å². The molecular weight excluding hydrogens is 162 g/mol. The molecule has 0 unspecified atom stereocenters. The molecule has 0 radical (unpaired) electrons. The first kappa shape index (κ1) is 8.79. The summed E-state index contributed by atoms with van der Waals surface area (Å²) in [6.45, 7) is 2.00. The van der Waals surface area contributed by atoms with Crippen molar-refractivity contribution in [1.82, 2.24) is 4.90 Å². The predicted molar refractivity (Wildman–Crippen MR) is 52.3 cm³/mol. The van der Waals surface area contributed by atoms with Crippen LogP contribution in [0.3, 0.4) is 0 Å². The zero-order valence-electron chi connectivity index (χ0n) is 8.04. The lowest BCUT2D eigenvalue weighted by Gasteiger charge is -2.23. The zero-order valence-corrected chi connectivity index (χ0v) is 8.04. The van der Waals surface area contributed by atoms with Gasteiger partial charge in [0, 0.05) is 19.0 Å². The van der Waals surface area contributed by atoms with E-state index in [9.17, 15) is 4.79 Å². The van der Waals surface area contributed by atoms with E-state index < -0.39 is 0 Å². The fourth-order valence-electron chi connectivity index (χ4n) is 2.21. The predicted octanol–water partition coefficient (Wildman–Crippen LogP) is 1.97. The second-order valence-electron chi connectivity index (χ2n) is 4.01. The Bertz CT molecular complexity index is 216. The van der Waals surface area contributed by atoms with Crippen molar-refractivity contribution in [3.8, 4) is 0 Å². The normalized spacial score (nSPS) is 28.0. The number of hydrogen-bond donors (Lipinski definition) is 0. The first-order valence-corrected chi connectivity index (χ1v) is 5.32. The number of allylic oxidation sites excluding steroid dienone is 2. The van der Waals surface area contributed by atoms with Crippen LogP contribution in [0.5, 0.6) is 0 Å². The maximum Gasteiger partial charge on any atom is 0.226 e. The smallest absolute Gasteiger partial charge is 0.226 e. The van der Waals surface area contributed by atoms with Crippen LogP contribution in [-0.2, 0) is 4.79 Å². The van der Waals surface area contributed by atoms with E-state index in [0.29, 0.717) is 11.8 Å². The van der Waals surface area contributed by atoms with Crippen molar-refractivity contribution in [3.63, 3.8) is 0 Å². The van der Waals surface area contributed by atoms with Crippen molar-refractivity contribution in [2.24, 2.45) is 5.92 Å². The molecule has 1 atom stereocenters. The van der Waals surface area contributed by atoms with Gasteiger partial charge < -0.3 is 4.90 Å². The van der Waals surface area contributed by atoms with E-state index in [1.165, 1.54) is 12.8 Å². The van der Waals surface area contributed by atoms with Crippen molar-refractivity contribution in [3.05, 3.63) is 12.2 Å². The van der Waals surface area contributed by atoms with Crippen LogP contribution in [0.2, 0.25) is 0 Å². The van der Waals surface area contributed by atoms with Crippen LogP contribution in [0.1, 0.15) is 32.1 Å². The molecule has 2 nitrogen and oxygen atoms in total. The van der Waals surface area contributed by atoms with Crippen LogP contribution < -0.4 is 0 Å². The van der Waals surface area contributed by atoms with Gasteiger partial charge in [-0.15, -0.1) is 0 Å². The Morgan fingerprint density at radius 2 is 2.00 bits per heavy atom. The highest BCUT2D eigenvalue weighted by Crippen LogP contribution is 2.22. The van der Waals surface area contributed by atoms with E-state index in [1.807, 2.05) is 4.90 Å². The highest BCUT2D eigenvalue weighted by atomic mass is 16.2. The van der Waals surface area contributed by atoms with Gasteiger partial charge >= 0.3 is 0 Å². The highest BCUT2D eigenvalue weighted by molar-refractivity contribution is 5.79. The van der Waals surface area contributed by atoms with Gasteiger partial charge in [0.05, 0.1) is 0 Å². The van der Waals surface area contributed by atoms with Crippen LogP contribution >= 0.6 is 0 Å². The van der Waals surface area contributed by atoms with Gasteiger partial charge in [-0.2, -0.15) is 0 Å². The average molecular weight is 179 g/mol. The Hall–Kier alpha value is -0.790. The summed E-state index contributed by atoms with van der Waals surface area (Å²) in [5.41, 5.74) is 0. The SMILES string of the molecule is O=C([C@H]1CC=CCC1)N1CCCC1. The van der Waals surface area contributed by atoms with Gasteiger partial charge in [-0.3, -0.25) is 4.79 Å². The molecule has 1 aliphatic heterocycles. The summed E-state index contributed by atoms with van der Waals surface area (Å²) < 4.78 is 0. The summed E-state index contributed by atoms with van der Waals surface area (Å²) in [5, 5.41) is 0. The maximum absolute atomic E-state index is 11.9. The lowest BCUT2D eigenvalue weighted by molar-refractivity contribution is -0.134. The molecular formula is C11H17NO. The average Bonchev–Trinajstić information content (AvgIpc) is 2.71. The fraction of sp³-hybridized carbons (Fsp3) is 0.727. The Morgan fingerprint density at radius 3 is 2.62 bits per heavy atom. The molecule has 1 fully saturated rings. The third kappa shape index (κ3) is 1.93. The quantitative estimate of drug-likeness (QED) is 0.563. The van der Waals surface area contributed by atoms with Crippen LogP contribution in [0.4, 0.5) is 0 Å². The number of amides is 1. The monoisotopic (exact) mass is 179 g/mol. The second-order valence-corrected chi connectivity index (χ2v) is 4.01. The third-order valence-corrected chi connectivity index (χ3v) is 3.04. The molecule has 0 saturated carbocycles. The van der Waals surface area contributed by atoms with Crippen molar-refractivity contribution >= 4 is 5.91 Å². The lowest BCUT2D eigenvalue weighted by atomic mass is 9.93. The summed E-state index contributed by atoms with van der Waals surface area (Å²) in [5.74, 6) is 0.699. The molecule has 1 amide bonds. The van der Waals surface area contributed by atoms with Gasteiger partial charge in [0.25, 0.3) is 0 Å². The van der Waals surface area contributed by atoms with Gasteiger partial charge in [-0.1, -0.05) is 12.2 Å². The van der Waals surface area contributed by atoms with E-state index in [2.05, 4.69) is 12.2 Å². The Balaban J connectivity index is 1.91. The molecule has 0 spiro atoms. The largest absolute Gasteiger partial charge is 0.342 e. The fourth-order valence-corrected chi connectivity index (χ4v) is 2.21. The van der Waals surface area contributed by atoms with Gasteiger partial charge in [0.2, 0.25) is 5.91 Å². The van der Waals surface area contributed by atoms with Crippen LogP contribution in [0.25, 0.3) is 0 Å². The van der Waals surface area contributed by atoms with Gasteiger partial charge in [-0.05, 0) is 32.1 Å². The topological polar surface area (TPSA) is 20.3 Å². The molecule has 2 heteroatoms. The van der Waals surface area contributed by atoms with Crippen molar-refractivity contribution in [2.75, 3.05) is 13.1 Å². The van der Waals surface area contributed by atoms with Gasteiger partial charge in [0.15, 0.2) is 0 Å². The molecule has 1 saturated heterocycles. The number of carbonyl (C=O) groups excluding carboxylic acids is 1. The summed E-state index contributed by atoms with van der Waals surface area (Å²) in [6.07, 6.45) is 9.86. The van der Waals surface area contributed by atoms with E-state index in [0.717, 1.165) is 32.4 Å². The number of rotatable bonds is 1. The molecule has 0 bridgehead atoms. The van der Waals surface area contributed by atoms with E-state index in [1.54, 1.807) is 0 Å². The molecule has 2 rings (SSSR count). The molecule has 2 aliphatic rings. The second kappa shape index (κ2) is 3.95. The molecule has 0 aromatic carbocycles. The van der Waals surface area contributed by atoms with Crippen LogP contribution in [0.15, 0.2) is 12.2 Å². The first-order chi connectivity index (χ1) is 6.38. The lowest BCUT2D eigenvalue weighted by Crippen LogP contribution is -2.34. The summed E-state index contributed by atoms with van der Waals surface area (Å²) in [4.78, 5) is 13.9. The molecule has 0 aromatic rings. The Morgan fingerprint density at radius 1 is 1.23 bits per heavy atom.